The molecule has 0 radical (unpaired) electrons. The van der Waals surface area contributed by atoms with Crippen LogP contribution in [-0.2, 0) is 9.53 Å². The summed E-state index contributed by atoms with van der Waals surface area (Å²) in [6.07, 6.45) is 6.82. The maximum Gasteiger partial charge on any atom is 0.338 e. The van der Waals surface area contributed by atoms with Gasteiger partial charge in [0, 0.05) is 12.5 Å². The van der Waals surface area contributed by atoms with Crippen molar-refractivity contribution < 1.29 is 23.9 Å². The molecule has 2 amide bonds. The Morgan fingerprint density at radius 1 is 0.889 bits per heavy atom. The third-order valence-corrected chi connectivity index (χ3v) is 5.84. The van der Waals surface area contributed by atoms with E-state index in [-0.39, 0.29) is 34.8 Å². The summed E-state index contributed by atoms with van der Waals surface area (Å²) in [6, 6.07) is 4.41. The molecule has 0 N–H and O–H groups in total. The highest BCUT2D eigenvalue weighted by Crippen LogP contribution is 2.31. The van der Waals surface area contributed by atoms with Gasteiger partial charge in [-0.15, -0.1) is 0 Å². The lowest BCUT2D eigenvalue weighted by molar-refractivity contribution is -0.129. The number of Topliss-reactive ketones (excluding diaryl/α,β-unsaturated/α-hetero) is 1. The lowest BCUT2D eigenvalue weighted by Crippen LogP contribution is -2.40. The quantitative estimate of drug-likeness (QED) is 0.603. The number of benzene rings is 1. The van der Waals surface area contributed by atoms with Gasteiger partial charge >= 0.3 is 5.97 Å². The molecule has 6 heteroatoms. The minimum absolute atomic E-state index is 0.0505. The number of rotatable bonds is 3. The van der Waals surface area contributed by atoms with Crippen LogP contribution in [0.3, 0.4) is 0 Å². The lowest BCUT2D eigenvalue weighted by atomic mass is 9.94. The first-order chi connectivity index (χ1) is 13.1. The zero-order chi connectivity index (χ0) is 19.0. The van der Waals surface area contributed by atoms with Crippen molar-refractivity contribution in [2.75, 3.05) is 0 Å². The minimum atomic E-state index is -0.699. The van der Waals surface area contributed by atoms with E-state index in [1.165, 1.54) is 23.1 Å². The Morgan fingerprint density at radius 2 is 1.59 bits per heavy atom. The zero-order valence-electron chi connectivity index (χ0n) is 15.2. The first kappa shape index (κ1) is 17.9. The smallest absolute Gasteiger partial charge is 0.338 e. The summed E-state index contributed by atoms with van der Waals surface area (Å²) in [5.41, 5.74) is 0.810. The minimum Gasteiger partial charge on any atom is -0.451 e. The average Bonchev–Trinajstić information content (AvgIpc) is 2.94. The Labute approximate surface area is 157 Å². The Hall–Kier alpha value is -2.50. The van der Waals surface area contributed by atoms with Crippen LogP contribution in [0.25, 0.3) is 0 Å². The van der Waals surface area contributed by atoms with Crippen molar-refractivity contribution in [3.05, 3.63) is 34.9 Å². The van der Waals surface area contributed by atoms with Crippen LogP contribution in [0.5, 0.6) is 0 Å². The molecule has 1 aromatic rings. The van der Waals surface area contributed by atoms with Gasteiger partial charge in [-0.25, -0.2) is 4.79 Å². The molecule has 2 aliphatic carbocycles. The highest BCUT2D eigenvalue weighted by atomic mass is 16.5. The number of nitrogens with zero attached hydrogens (tertiary/aromatic N) is 1. The SMILES string of the molecule is O=C(O[C@@H]1CCCCC1=O)c1ccc2c(c1)C(=O)N(C1CCCCC1)C2=O. The van der Waals surface area contributed by atoms with E-state index in [9.17, 15) is 19.2 Å². The summed E-state index contributed by atoms with van der Waals surface area (Å²) in [4.78, 5) is 51.2. The Bertz CT molecular complexity index is 809. The molecular weight excluding hydrogens is 346 g/mol. The van der Waals surface area contributed by atoms with E-state index in [4.69, 9.17) is 4.74 Å². The third-order valence-electron chi connectivity index (χ3n) is 5.84. The van der Waals surface area contributed by atoms with Crippen molar-refractivity contribution in [3.8, 4) is 0 Å². The molecular formula is C21H23NO5. The van der Waals surface area contributed by atoms with E-state index in [2.05, 4.69) is 0 Å². The molecule has 2 saturated carbocycles. The highest BCUT2D eigenvalue weighted by Gasteiger charge is 2.40. The largest absolute Gasteiger partial charge is 0.451 e. The van der Waals surface area contributed by atoms with Crippen LogP contribution in [0.1, 0.15) is 88.9 Å². The van der Waals surface area contributed by atoms with Crippen LogP contribution in [0.2, 0.25) is 0 Å². The van der Waals surface area contributed by atoms with Crippen LogP contribution < -0.4 is 0 Å². The zero-order valence-corrected chi connectivity index (χ0v) is 15.2. The van der Waals surface area contributed by atoms with Crippen LogP contribution >= 0.6 is 0 Å². The first-order valence-electron chi connectivity index (χ1n) is 9.82. The fourth-order valence-electron chi connectivity index (χ4n) is 4.33. The van der Waals surface area contributed by atoms with Gasteiger partial charge in [0.1, 0.15) is 0 Å². The summed E-state index contributed by atoms with van der Waals surface area (Å²) in [7, 11) is 0. The highest BCUT2D eigenvalue weighted by molar-refractivity contribution is 6.22. The van der Waals surface area contributed by atoms with E-state index in [0.29, 0.717) is 18.4 Å². The molecule has 0 aromatic heterocycles. The van der Waals surface area contributed by atoms with E-state index in [0.717, 1.165) is 44.9 Å². The topological polar surface area (TPSA) is 80.8 Å². The number of carbonyl (C=O) groups excluding carboxylic acids is 4. The van der Waals surface area contributed by atoms with Crippen molar-refractivity contribution >= 4 is 23.6 Å². The maximum atomic E-state index is 12.8. The summed E-state index contributed by atoms with van der Waals surface area (Å²) < 4.78 is 5.36. The van der Waals surface area contributed by atoms with Gasteiger partial charge in [-0.05, 0) is 50.3 Å². The fourth-order valence-corrected chi connectivity index (χ4v) is 4.33. The normalized spacial score (nSPS) is 23.5. The molecule has 4 rings (SSSR count). The number of esters is 1. The lowest BCUT2D eigenvalue weighted by Gasteiger charge is -2.29. The number of hydrogen-bond donors (Lipinski definition) is 0. The van der Waals surface area contributed by atoms with Crippen LogP contribution in [-0.4, -0.2) is 40.6 Å². The van der Waals surface area contributed by atoms with Crippen molar-refractivity contribution in [3.63, 3.8) is 0 Å². The predicted molar refractivity (Wildman–Crippen MR) is 96.5 cm³/mol. The first-order valence-corrected chi connectivity index (χ1v) is 9.82. The van der Waals surface area contributed by atoms with Gasteiger partial charge in [0.25, 0.3) is 11.8 Å². The molecule has 27 heavy (non-hydrogen) atoms. The molecule has 0 saturated heterocycles. The van der Waals surface area contributed by atoms with Crippen LogP contribution in [0.15, 0.2) is 18.2 Å². The van der Waals surface area contributed by atoms with E-state index < -0.39 is 12.1 Å². The van der Waals surface area contributed by atoms with Crippen molar-refractivity contribution in [2.24, 2.45) is 0 Å². The number of hydrogen-bond acceptors (Lipinski definition) is 5. The monoisotopic (exact) mass is 369 g/mol. The van der Waals surface area contributed by atoms with Crippen LogP contribution in [0, 0.1) is 0 Å². The van der Waals surface area contributed by atoms with E-state index in [1.54, 1.807) is 0 Å². The molecule has 1 aromatic carbocycles. The van der Waals surface area contributed by atoms with Gasteiger partial charge in [-0.1, -0.05) is 19.3 Å². The van der Waals surface area contributed by atoms with Gasteiger partial charge in [0.15, 0.2) is 11.9 Å². The molecule has 3 aliphatic rings. The molecule has 1 atom stereocenters. The molecule has 1 aliphatic heterocycles. The molecule has 142 valence electrons. The number of imide groups is 1. The van der Waals surface area contributed by atoms with Gasteiger partial charge in [0.2, 0.25) is 0 Å². The molecule has 0 unspecified atom stereocenters. The number of carbonyl (C=O) groups is 4. The van der Waals surface area contributed by atoms with Crippen molar-refractivity contribution in [1.29, 1.82) is 0 Å². The fraction of sp³-hybridized carbons (Fsp3) is 0.524. The van der Waals surface area contributed by atoms with Gasteiger partial charge in [-0.2, -0.15) is 0 Å². The number of fused-ring (bicyclic) bond motifs is 1. The van der Waals surface area contributed by atoms with E-state index in [1.807, 2.05) is 0 Å². The van der Waals surface area contributed by atoms with Gasteiger partial charge < -0.3 is 4.74 Å². The second kappa shape index (κ2) is 7.25. The molecule has 1 heterocycles. The Balaban J connectivity index is 1.53. The Morgan fingerprint density at radius 3 is 2.33 bits per heavy atom. The second-order valence-electron chi connectivity index (χ2n) is 7.64. The summed E-state index contributed by atoms with van der Waals surface area (Å²) in [5.74, 6) is -1.27. The van der Waals surface area contributed by atoms with Crippen molar-refractivity contribution in [1.82, 2.24) is 4.90 Å². The molecule has 6 nitrogen and oxygen atoms in total. The second-order valence-corrected chi connectivity index (χ2v) is 7.64. The summed E-state index contributed by atoms with van der Waals surface area (Å²) in [6.45, 7) is 0. The average molecular weight is 369 g/mol. The standard InChI is InChI=1S/C21H23NO5/c23-17-8-4-5-9-18(17)27-21(26)13-10-11-15-16(12-13)20(25)22(19(15)24)14-6-2-1-3-7-14/h10-12,14,18H,1-9H2/t18-/m1/s1. The van der Waals surface area contributed by atoms with Crippen LogP contribution in [0.4, 0.5) is 0 Å². The summed E-state index contributed by atoms with van der Waals surface area (Å²) >= 11 is 0. The molecule has 0 spiro atoms. The number of ether oxygens (including phenoxy) is 1. The summed E-state index contributed by atoms with van der Waals surface area (Å²) in [5, 5.41) is 0. The Kier molecular flexibility index (Phi) is 4.81. The third kappa shape index (κ3) is 3.29. The number of amides is 2. The van der Waals surface area contributed by atoms with E-state index >= 15 is 0 Å². The van der Waals surface area contributed by atoms with Crippen molar-refractivity contribution in [2.45, 2.75) is 69.9 Å². The predicted octanol–water partition coefficient (Wildman–Crippen LogP) is 3.28. The maximum absolute atomic E-state index is 12.8. The molecule has 0 bridgehead atoms. The number of ketones is 1. The van der Waals surface area contributed by atoms with Gasteiger partial charge in [-0.3, -0.25) is 19.3 Å². The van der Waals surface area contributed by atoms with Gasteiger partial charge in [0.05, 0.1) is 16.7 Å². The molecule has 2 fully saturated rings.